The van der Waals surface area contributed by atoms with Crippen LogP contribution in [0.15, 0.2) is 22.7 Å². The summed E-state index contributed by atoms with van der Waals surface area (Å²) in [5.74, 6) is 0.00187. The third-order valence-corrected chi connectivity index (χ3v) is 4.69. The van der Waals surface area contributed by atoms with Gasteiger partial charge in [0, 0.05) is 34.2 Å². The Labute approximate surface area is 139 Å². The van der Waals surface area contributed by atoms with Crippen molar-refractivity contribution in [1.82, 2.24) is 9.80 Å². The van der Waals surface area contributed by atoms with Gasteiger partial charge < -0.3 is 15.5 Å². The monoisotopic (exact) mass is 451 g/mol. The number of rotatable bonds is 1. The Morgan fingerprint density at radius 2 is 1.80 bits per heavy atom. The molecule has 1 heterocycles. The van der Waals surface area contributed by atoms with Crippen molar-refractivity contribution in [1.29, 1.82) is 0 Å². The molecule has 108 valence electrons. The molecule has 0 atom stereocenters. The lowest BCUT2D eigenvalue weighted by atomic mass is 10.2. The molecule has 0 unspecified atom stereocenters. The van der Waals surface area contributed by atoms with E-state index in [-0.39, 0.29) is 5.91 Å². The molecule has 2 N–H and O–H groups in total. The summed E-state index contributed by atoms with van der Waals surface area (Å²) < 4.78 is 1.81. The third kappa shape index (κ3) is 3.63. The van der Waals surface area contributed by atoms with Crippen LogP contribution in [0, 0.1) is 3.57 Å². The highest BCUT2D eigenvalue weighted by molar-refractivity contribution is 14.1. The Hall–Kier alpha value is -0.830. The van der Waals surface area contributed by atoms with Gasteiger partial charge in [0.15, 0.2) is 0 Å². The second kappa shape index (κ2) is 6.75. The van der Waals surface area contributed by atoms with Crippen LogP contribution >= 0.6 is 38.5 Å². The van der Waals surface area contributed by atoms with Gasteiger partial charge in [-0.3, -0.25) is 4.79 Å². The molecule has 0 aliphatic carbocycles. The van der Waals surface area contributed by atoms with Crippen molar-refractivity contribution in [2.45, 2.75) is 6.42 Å². The van der Waals surface area contributed by atoms with Crippen LogP contribution in [-0.4, -0.2) is 47.9 Å². The van der Waals surface area contributed by atoms with Gasteiger partial charge in [0.05, 0.1) is 5.56 Å². The van der Waals surface area contributed by atoms with Gasteiger partial charge >= 0.3 is 6.03 Å². The summed E-state index contributed by atoms with van der Waals surface area (Å²) in [6, 6.07) is 5.23. The predicted molar refractivity (Wildman–Crippen MR) is 88.5 cm³/mol. The Kier molecular flexibility index (Phi) is 5.25. The molecular formula is C13H15BrIN3O2. The summed E-state index contributed by atoms with van der Waals surface area (Å²) in [5.41, 5.74) is 5.98. The molecule has 1 aliphatic heterocycles. The molecular weight excluding hydrogens is 437 g/mol. The number of halogens is 2. The molecule has 1 saturated heterocycles. The molecule has 5 nitrogen and oxygen atoms in total. The van der Waals surface area contributed by atoms with Crippen LogP contribution < -0.4 is 5.73 Å². The number of hydrogen-bond donors (Lipinski definition) is 1. The first kappa shape index (κ1) is 15.6. The molecule has 1 aromatic rings. The molecule has 7 heteroatoms. The minimum atomic E-state index is -0.420. The first-order valence-corrected chi connectivity index (χ1v) is 8.15. The second-order valence-corrected chi connectivity index (χ2v) is 6.67. The fourth-order valence-electron chi connectivity index (χ4n) is 2.17. The fourth-order valence-corrected chi connectivity index (χ4v) is 3.10. The fraction of sp³-hybridized carbons (Fsp3) is 0.385. The van der Waals surface area contributed by atoms with Crippen LogP contribution in [0.5, 0.6) is 0 Å². The zero-order chi connectivity index (χ0) is 14.7. The van der Waals surface area contributed by atoms with E-state index < -0.39 is 6.03 Å². The Morgan fingerprint density at radius 1 is 1.15 bits per heavy atom. The van der Waals surface area contributed by atoms with Crippen LogP contribution in [0.2, 0.25) is 0 Å². The third-order valence-electron chi connectivity index (χ3n) is 3.25. The van der Waals surface area contributed by atoms with Gasteiger partial charge in [-0.05, 0) is 47.2 Å². The Balaban J connectivity index is 2.13. The normalized spacial score (nSPS) is 15.9. The highest BCUT2D eigenvalue weighted by Gasteiger charge is 2.23. The maximum absolute atomic E-state index is 12.6. The van der Waals surface area contributed by atoms with Crippen molar-refractivity contribution in [3.05, 3.63) is 31.8 Å². The van der Waals surface area contributed by atoms with E-state index in [9.17, 15) is 9.59 Å². The van der Waals surface area contributed by atoms with E-state index in [1.807, 2.05) is 18.2 Å². The summed E-state index contributed by atoms with van der Waals surface area (Å²) >= 11 is 5.55. The lowest BCUT2D eigenvalue weighted by Crippen LogP contribution is -2.39. The first-order valence-electron chi connectivity index (χ1n) is 6.28. The number of nitrogens with two attached hydrogens (primary N) is 1. The summed E-state index contributed by atoms with van der Waals surface area (Å²) in [4.78, 5) is 27.1. The molecule has 0 spiro atoms. The molecule has 1 fully saturated rings. The van der Waals surface area contributed by atoms with Gasteiger partial charge in [-0.25, -0.2) is 4.79 Å². The number of carbonyl (C=O) groups is 2. The van der Waals surface area contributed by atoms with Crippen molar-refractivity contribution in [2.75, 3.05) is 26.2 Å². The van der Waals surface area contributed by atoms with Gasteiger partial charge in [-0.2, -0.15) is 0 Å². The van der Waals surface area contributed by atoms with E-state index in [1.54, 1.807) is 9.80 Å². The Morgan fingerprint density at radius 3 is 2.50 bits per heavy atom. The summed E-state index contributed by atoms with van der Waals surface area (Å²) in [5, 5.41) is 0. The van der Waals surface area contributed by atoms with E-state index in [2.05, 4.69) is 38.5 Å². The molecule has 0 bridgehead atoms. The highest BCUT2D eigenvalue weighted by Crippen LogP contribution is 2.20. The average Bonchev–Trinajstić information content (AvgIpc) is 2.66. The van der Waals surface area contributed by atoms with Gasteiger partial charge in [-0.15, -0.1) is 0 Å². The van der Waals surface area contributed by atoms with Crippen molar-refractivity contribution in [3.8, 4) is 0 Å². The molecule has 1 aliphatic rings. The zero-order valence-electron chi connectivity index (χ0n) is 10.8. The quantitative estimate of drug-likeness (QED) is 0.665. The van der Waals surface area contributed by atoms with Gasteiger partial charge in [0.2, 0.25) is 0 Å². The number of urea groups is 1. The van der Waals surface area contributed by atoms with Crippen molar-refractivity contribution < 1.29 is 9.59 Å². The average molecular weight is 452 g/mol. The van der Waals surface area contributed by atoms with Crippen molar-refractivity contribution in [2.24, 2.45) is 5.73 Å². The van der Waals surface area contributed by atoms with Crippen LogP contribution in [0.3, 0.4) is 0 Å². The SMILES string of the molecule is NC(=O)N1CCCN(C(=O)c2cc(Br)ccc2I)CC1. The lowest BCUT2D eigenvalue weighted by Gasteiger charge is -2.21. The smallest absolute Gasteiger partial charge is 0.314 e. The van der Waals surface area contributed by atoms with Crippen molar-refractivity contribution in [3.63, 3.8) is 0 Å². The largest absolute Gasteiger partial charge is 0.351 e. The topological polar surface area (TPSA) is 66.6 Å². The number of hydrogen-bond acceptors (Lipinski definition) is 2. The summed E-state index contributed by atoms with van der Waals surface area (Å²) in [6.45, 7) is 2.26. The lowest BCUT2D eigenvalue weighted by molar-refractivity contribution is 0.0761. The van der Waals surface area contributed by atoms with E-state index in [4.69, 9.17) is 5.73 Å². The van der Waals surface area contributed by atoms with E-state index in [0.29, 0.717) is 31.7 Å². The van der Waals surface area contributed by atoms with E-state index in [1.165, 1.54) is 0 Å². The maximum Gasteiger partial charge on any atom is 0.314 e. The van der Waals surface area contributed by atoms with Crippen LogP contribution in [0.1, 0.15) is 16.8 Å². The van der Waals surface area contributed by atoms with Gasteiger partial charge in [-0.1, -0.05) is 15.9 Å². The minimum Gasteiger partial charge on any atom is -0.351 e. The van der Waals surface area contributed by atoms with Gasteiger partial charge in [0.1, 0.15) is 0 Å². The molecule has 20 heavy (non-hydrogen) atoms. The number of amides is 3. The minimum absolute atomic E-state index is 0.00187. The number of nitrogens with zero attached hydrogens (tertiary/aromatic N) is 2. The summed E-state index contributed by atoms with van der Waals surface area (Å²) in [6.07, 6.45) is 0.749. The van der Waals surface area contributed by atoms with Crippen LogP contribution in [0.25, 0.3) is 0 Å². The van der Waals surface area contributed by atoms with E-state index >= 15 is 0 Å². The number of benzene rings is 1. The molecule has 1 aromatic carbocycles. The molecule has 0 aromatic heterocycles. The molecule has 3 amide bonds. The van der Waals surface area contributed by atoms with Gasteiger partial charge in [0.25, 0.3) is 5.91 Å². The van der Waals surface area contributed by atoms with Crippen LogP contribution in [-0.2, 0) is 0 Å². The van der Waals surface area contributed by atoms with Crippen LogP contribution in [0.4, 0.5) is 4.79 Å². The van der Waals surface area contributed by atoms with Crippen molar-refractivity contribution >= 4 is 50.5 Å². The highest BCUT2D eigenvalue weighted by atomic mass is 127. The molecule has 2 rings (SSSR count). The zero-order valence-corrected chi connectivity index (χ0v) is 14.6. The molecule has 0 radical (unpaired) electrons. The number of carbonyl (C=O) groups excluding carboxylic acids is 2. The summed E-state index contributed by atoms with van der Waals surface area (Å²) in [7, 11) is 0. The predicted octanol–water partition coefficient (Wildman–Crippen LogP) is 2.28. The van der Waals surface area contributed by atoms with E-state index in [0.717, 1.165) is 14.5 Å². The molecule has 0 saturated carbocycles. The second-order valence-electron chi connectivity index (χ2n) is 4.60. The Bertz CT molecular complexity index is 538. The first-order chi connectivity index (χ1) is 9.49. The standard InChI is InChI=1S/C13H15BrIN3O2/c14-9-2-3-11(15)10(8-9)12(19)17-4-1-5-18(7-6-17)13(16)20/h2-3,8H,1,4-7H2,(H2,16,20). The maximum atomic E-state index is 12.6. The number of primary amides is 1.